The lowest BCUT2D eigenvalue weighted by atomic mass is 9.65. The van der Waals surface area contributed by atoms with Gasteiger partial charge in [0.05, 0.1) is 0 Å². The van der Waals surface area contributed by atoms with Gasteiger partial charge >= 0.3 is 0 Å². The van der Waals surface area contributed by atoms with Crippen molar-refractivity contribution in [1.29, 1.82) is 0 Å². The minimum absolute atomic E-state index is 0.487. The molecule has 3 rings (SSSR count). The average molecular weight is 244 g/mol. The van der Waals surface area contributed by atoms with Crippen molar-refractivity contribution in [3.63, 3.8) is 0 Å². The minimum atomic E-state index is 0.487. The lowest BCUT2D eigenvalue weighted by Gasteiger charge is -2.40. The molecule has 2 fully saturated rings. The van der Waals surface area contributed by atoms with E-state index in [0.29, 0.717) is 17.1 Å². The summed E-state index contributed by atoms with van der Waals surface area (Å²) in [5.74, 6) is 3.49. The molecule has 18 heavy (non-hydrogen) atoms. The van der Waals surface area contributed by atoms with Crippen LogP contribution < -0.4 is 0 Å². The molecule has 2 saturated carbocycles. The van der Waals surface area contributed by atoms with Crippen LogP contribution in [-0.4, -0.2) is 5.11 Å². The van der Waals surface area contributed by atoms with Gasteiger partial charge in [-0.25, -0.2) is 0 Å². The van der Waals surface area contributed by atoms with Gasteiger partial charge in [0.1, 0.15) is 5.75 Å². The lowest BCUT2D eigenvalue weighted by Crippen LogP contribution is -2.32. The van der Waals surface area contributed by atoms with E-state index in [1.54, 1.807) is 0 Å². The number of para-hydroxylation sites is 1. The summed E-state index contributed by atoms with van der Waals surface area (Å²) in [5, 5.41) is 10.3. The first-order valence-corrected chi connectivity index (χ1v) is 7.21. The fourth-order valence-electron chi connectivity index (χ4n) is 4.49. The van der Waals surface area contributed by atoms with Crippen molar-refractivity contribution >= 4 is 0 Å². The van der Waals surface area contributed by atoms with E-state index in [4.69, 9.17) is 0 Å². The molecule has 0 heterocycles. The molecule has 0 spiro atoms. The van der Waals surface area contributed by atoms with Gasteiger partial charge in [0.2, 0.25) is 0 Å². The second-order valence-corrected chi connectivity index (χ2v) is 7.06. The third kappa shape index (κ3) is 1.46. The van der Waals surface area contributed by atoms with E-state index in [0.717, 1.165) is 23.3 Å². The van der Waals surface area contributed by atoms with Crippen LogP contribution in [-0.2, 0) is 0 Å². The van der Waals surface area contributed by atoms with E-state index in [1.807, 2.05) is 13.0 Å². The predicted octanol–water partition coefficient (Wildman–Crippen LogP) is 4.49. The van der Waals surface area contributed by atoms with Crippen LogP contribution in [0.5, 0.6) is 5.75 Å². The molecule has 0 radical (unpaired) electrons. The van der Waals surface area contributed by atoms with Gasteiger partial charge < -0.3 is 5.11 Å². The fraction of sp³-hybridized carbons (Fsp3) is 0.647. The Labute approximate surface area is 110 Å². The lowest BCUT2D eigenvalue weighted by molar-refractivity contribution is 0.121. The van der Waals surface area contributed by atoms with E-state index in [-0.39, 0.29) is 0 Å². The number of fused-ring (bicyclic) bond motifs is 2. The summed E-state index contributed by atoms with van der Waals surface area (Å²) in [6.07, 6.45) is 2.62. The number of hydrogen-bond acceptors (Lipinski definition) is 1. The number of aryl methyl sites for hydroxylation is 1. The molecule has 1 nitrogen and oxygen atoms in total. The first-order valence-electron chi connectivity index (χ1n) is 7.21. The van der Waals surface area contributed by atoms with Crippen molar-refractivity contribution in [2.45, 2.75) is 46.5 Å². The second-order valence-electron chi connectivity index (χ2n) is 7.06. The summed E-state index contributed by atoms with van der Waals surface area (Å²) in [5.41, 5.74) is 2.70. The predicted molar refractivity (Wildman–Crippen MR) is 74.7 cm³/mol. The van der Waals surface area contributed by atoms with E-state index < -0.39 is 0 Å². The highest BCUT2D eigenvalue weighted by Gasteiger charge is 2.55. The van der Waals surface area contributed by atoms with Gasteiger partial charge in [0.25, 0.3) is 0 Å². The zero-order valence-corrected chi connectivity index (χ0v) is 11.9. The topological polar surface area (TPSA) is 20.2 Å². The first kappa shape index (κ1) is 12.1. The second kappa shape index (κ2) is 3.76. The normalized spacial score (nSPS) is 37.1. The molecule has 98 valence electrons. The Morgan fingerprint density at radius 1 is 1.22 bits per heavy atom. The van der Waals surface area contributed by atoms with Crippen molar-refractivity contribution < 1.29 is 5.11 Å². The van der Waals surface area contributed by atoms with Crippen LogP contribution in [0.3, 0.4) is 0 Å². The Morgan fingerprint density at radius 3 is 2.56 bits per heavy atom. The van der Waals surface area contributed by atoms with E-state index >= 15 is 0 Å². The van der Waals surface area contributed by atoms with Crippen molar-refractivity contribution in [3.05, 3.63) is 29.3 Å². The highest BCUT2D eigenvalue weighted by Crippen LogP contribution is 2.64. The smallest absolute Gasteiger partial charge is 0.121 e. The van der Waals surface area contributed by atoms with Crippen LogP contribution in [0.15, 0.2) is 18.2 Å². The zero-order valence-electron chi connectivity index (χ0n) is 11.9. The van der Waals surface area contributed by atoms with Gasteiger partial charge in [-0.3, -0.25) is 0 Å². The Kier molecular flexibility index (Phi) is 2.52. The minimum Gasteiger partial charge on any atom is -0.507 e. The standard InChI is InChI=1S/C17H24O/c1-10-6-5-7-13(16(10)18)15-9-12-8-14(15)11(2)17(12,3)4/h5-7,11-12,14-15,18H,8-9H2,1-4H3/t11-,12+,14+,15-/m0/s1. The summed E-state index contributed by atoms with van der Waals surface area (Å²) in [6.45, 7) is 9.26. The number of aromatic hydroxyl groups is 1. The number of hydrogen-bond donors (Lipinski definition) is 1. The molecule has 2 aliphatic rings. The fourth-order valence-corrected chi connectivity index (χ4v) is 4.49. The number of phenols is 1. The molecule has 2 bridgehead atoms. The van der Waals surface area contributed by atoms with Gasteiger partial charge in [-0.15, -0.1) is 0 Å². The molecule has 0 unspecified atom stereocenters. The van der Waals surface area contributed by atoms with Crippen LogP contribution >= 0.6 is 0 Å². The highest BCUT2D eigenvalue weighted by atomic mass is 16.3. The summed E-state index contributed by atoms with van der Waals surface area (Å²) in [4.78, 5) is 0. The van der Waals surface area contributed by atoms with Crippen LogP contribution in [0.4, 0.5) is 0 Å². The van der Waals surface area contributed by atoms with Gasteiger partial charge in [-0.2, -0.15) is 0 Å². The van der Waals surface area contributed by atoms with Gasteiger partial charge in [-0.1, -0.05) is 39.0 Å². The van der Waals surface area contributed by atoms with E-state index in [9.17, 15) is 5.11 Å². The molecule has 0 aliphatic heterocycles. The molecule has 1 aromatic rings. The van der Waals surface area contributed by atoms with Gasteiger partial charge in [0, 0.05) is 0 Å². The summed E-state index contributed by atoms with van der Waals surface area (Å²) < 4.78 is 0. The SMILES string of the molecule is Cc1cccc([C@@H]2C[C@H]3C[C@@H]2[C@H](C)C3(C)C)c1O. The quantitative estimate of drug-likeness (QED) is 0.772. The van der Waals surface area contributed by atoms with Crippen molar-refractivity contribution in [2.24, 2.45) is 23.2 Å². The molecule has 4 atom stereocenters. The van der Waals surface area contributed by atoms with Crippen LogP contribution in [0.2, 0.25) is 0 Å². The molecule has 0 saturated heterocycles. The van der Waals surface area contributed by atoms with Gasteiger partial charge in [0.15, 0.2) is 0 Å². The van der Waals surface area contributed by atoms with Crippen LogP contribution in [0.1, 0.15) is 50.7 Å². The molecular formula is C17H24O. The molecular weight excluding hydrogens is 220 g/mol. The molecule has 1 N–H and O–H groups in total. The number of rotatable bonds is 1. The van der Waals surface area contributed by atoms with Crippen LogP contribution in [0.25, 0.3) is 0 Å². The molecule has 0 aromatic heterocycles. The maximum atomic E-state index is 10.3. The monoisotopic (exact) mass is 244 g/mol. The van der Waals surface area contributed by atoms with E-state index in [1.165, 1.54) is 18.4 Å². The third-order valence-corrected chi connectivity index (χ3v) is 6.15. The Balaban J connectivity index is 1.96. The third-order valence-electron chi connectivity index (χ3n) is 6.15. The largest absolute Gasteiger partial charge is 0.507 e. The van der Waals surface area contributed by atoms with Crippen molar-refractivity contribution in [2.75, 3.05) is 0 Å². The first-order chi connectivity index (χ1) is 8.43. The van der Waals surface area contributed by atoms with Crippen molar-refractivity contribution in [1.82, 2.24) is 0 Å². The summed E-state index contributed by atoms with van der Waals surface area (Å²) in [7, 11) is 0. The van der Waals surface area contributed by atoms with Gasteiger partial charge in [-0.05, 0) is 60.0 Å². The molecule has 0 amide bonds. The van der Waals surface area contributed by atoms with E-state index in [2.05, 4.69) is 32.9 Å². The average Bonchev–Trinajstić information content (AvgIpc) is 2.83. The maximum absolute atomic E-state index is 10.3. The zero-order chi connectivity index (χ0) is 13.1. The van der Waals surface area contributed by atoms with Crippen LogP contribution in [0, 0.1) is 30.1 Å². The molecule has 1 heteroatoms. The summed E-state index contributed by atoms with van der Waals surface area (Å²) >= 11 is 0. The Bertz CT molecular complexity index is 470. The highest BCUT2D eigenvalue weighted by molar-refractivity contribution is 5.43. The van der Waals surface area contributed by atoms with Crippen molar-refractivity contribution in [3.8, 4) is 5.75 Å². The Morgan fingerprint density at radius 2 is 1.94 bits per heavy atom. The molecule has 2 aliphatic carbocycles. The number of phenolic OH excluding ortho intramolecular Hbond substituents is 1. The maximum Gasteiger partial charge on any atom is 0.121 e. The Hall–Kier alpha value is -0.980. The summed E-state index contributed by atoms with van der Waals surface area (Å²) in [6, 6.07) is 6.22. The number of benzene rings is 1. The molecule has 1 aromatic carbocycles.